The molecule has 1 aromatic carbocycles. The molecular weight excluding hydrogens is 334 g/mol. The molecule has 0 amide bonds. The lowest BCUT2D eigenvalue weighted by Gasteiger charge is -2.03. The Hall–Kier alpha value is -1.44. The number of thioether (sulfide) groups is 1. The van der Waals surface area contributed by atoms with Crippen LogP contribution in [0.25, 0.3) is 0 Å². The topological polar surface area (TPSA) is 47.9 Å². The summed E-state index contributed by atoms with van der Waals surface area (Å²) in [6.07, 6.45) is 0. The molecule has 0 spiro atoms. The number of rotatable bonds is 6. The first-order valence-electron chi connectivity index (χ1n) is 6.75. The number of hydrogen-bond donors (Lipinski definition) is 0. The highest BCUT2D eigenvalue weighted by molar-refractivity contribution is 8.00. The van der Waals surface area contributed by atoms with E-state index in [1.165, 1.54) is 5.56 Å². The third-order valence-corrected chi connectivity index (χ3v) is 5.71. The van der Waals surface area contributed by atoms with E-state index in [1.807, 2.05) is 31.2 Å². The van der Waals surface area contributed by atoms with E-state index in [0.717, 1.165) is 31.6 Å². The second-order valence-corrected chi connectivity index (χ2v) is 8.06. The zero-order valence-corrected chi connectivity index (χ0v) is 14.7. The van der Waals surface area contributed by atoms with Crippen molar-refractivity contribution in [1.82, 2.24) is 15.2 Å². The number of aryl methyl sites for hydroxylation is 2. The normalized spacial score (nSPS) is 10.8. The van der Waals surface area contributed by atoms with Gasteiger partial charge in [-0.15, -0.1) is 21.5 Å². The summed E-state index contributed by atoms with van der Waals surface area (Å²) in [6.45, 7) is 4.54. The molecule has 4 nitrogen and oxygen atoms in total. The predicted octanol–water partition coefficient (Wildman–Crippen LogP) is 4.48. The third-order valence-electron chi connectivity index (χ3n) is 2.83. The van der Waals surface area contributed by atoms with Crippen molar-refractivity contribution in [3.8, 4) is 5.75 Å². The molecule has 22 heavy (non-hydrogen) atoms. The molecule has 3 aromatic rings. The maximum Gasteiger partial charge on any atom is 0.174 e. The van der Waals surface area contributed by atoms with Gasteiger partial charge in [0.1, 0.15) is 22.4 Å². The number of nitrogens with zero attached hydrogens (tertiary/aromatic N) is 3. The van der Waals surface area contributed by atoms with Crippen molar-refractivity contribution in [2.24, 2.45) is 0 Å². The first kappa shape index (κ1) is 15.5. The molecule has 0 saturated heterocycles. The number of hydrogen-bond acceptors (Lipinski definition) is 7. The average Bonchev–Trinajstić information content (AvgIpc) is 3.13. The molecular formula is C15H15N3OS3. The van der Waals surface area contributed by atoms with Gasteiger partial charge in [-0.1, -0.05) is 40.8 Å². The summed E-state index contributed by atoms with van der Waals surface area (Å²) in [5.41, 5.74) is 2.29. The van der Waals surface area contributed by atoms with Crippen LogP contribution in [0.5, 0.6) is 5.75 Å². The van der Waals surface area contributed by atoms with Crippen molar-refractivity contribution >= 4 is 34.4 Å². The number of aromatic nitrogens is 3. The first-order valence-corrected chi connectivity index (χ1v) is 9.43. The summed E-state index contributed by atoms with van der Waals surface area (Å²) in [7, 11) is 0. The number of thiazole rings is 1. The highest BCUT2D eigenvalue weighted by Crippen LogP contribution is 2.26. The van der Waals surface area contributed by atoms with Crippen LogP contribution in [-0.2, 0) is 12.4 Å². The molecule has 0 N–H and O–H groups in total. The van der Waals surface area contributed by atoms with Crippen molar-refractivity contribution in [1.29, 1.82) is 0 Å². The molecule has 0 radical (unpaired) electrons. The summed E-state index contributed by atoms with van der Waals surface area (Å²) in [5.74, 6) is 1.69. The van der Waals surface area contributed by atoms with Crippen molar-refractivity contribution in [3.63, 3.8) is 0 Å². The molecule has 7 heteroatoms. The van der Waals surface area contributed by atoms with E-state index in [4.69, 9.17) is 4.74 Å². The highest BCUT2D eigenvalue weighted by atomic mass is 32.2. The lowest BCUT2D eigenvalue weighted by Crippen LogP contribution is -1.95. The van der Waals surface area contributed by atoms with Crippen molar-refractivity contribution in [2.45, 2.75) is 30.5 Å². The van der Waals surface area contributed by atoms with E-state index in [2.05, 4.69) is 27.5 Å². The fourth-order valence-electron chi connectivity index (χ4n) is 1.73. The summed E-state index contributed by atoms with van der Waals surface area (Å²) >= 11 is 4.92. The van der Waals surface area contributed by atoms with Gasteiger partial charge in [-0.3, -0.25) is 0 Å². The Kier molecular flexibility index (Phi) is 5.07. The first-order chi connectivity index (χ1) is 10.7. The van der Waals surface area contributed by atoms with Gasteiger partial charge in [0, 0.05) is 11.1 Å². The molecule has 0 bridgehead atoms. The largest absolute Gasteiger partial charge is 0.486 e. The van der Waals surface area contributed by atoms with E-state index in [1.54, 1.807) is 34.4 Å². The Morgan fingerprint density at radius 2 is 1.95 bits per heavy atom. The van der Waals surface area contributed by atoms with Gasteiger partial charge < -0.3 is 4.74 Å². The summed E-state index contributed by atoms with van der Waals surface area (Å²) in [4.78, 5) is 4.59. The Labute approximate surface area is 141 Å². The van der Waals surface area contributed by atoms with Crippen molar-refractivity contribution in [2.75, 3.05) is 0 Å². The maximum atomic E-state index is 5.75. The Bertz CT molecular complexity index is 737. The van der Waals surface area contributed by atoms with E-state index in [-0.39, 0.29) is 0 Å². The number of ether oxygens (including phenoxy) is 1. The van der Waals surface area contributed by atoms with Gasteiger partial charge in [0.2, 0.25) is 0 Å². The summed E-state index contributed by atoms with van der Waals surface area (Å²) < 4.78 is 6.74. The van der Waals surface area contributed by atoms with Gasteiger partial charge in [-0.2, -0.15) is 0 Å². The van der Waals surface area contributed by atoms with Crippen LogP contribution in [0.1, 0.15) is 21.3 Å². The predicted molar refractivity (Wildman–Crippen MR) is 91.8 cm³/mol. The zero-order chi connectivity index (χ0) is 15.4. The second-order valence-electron chi connectivity index (χ2n) is 4.71. The lowest BCUT2D eigenvalue weighted by atomic mass is 10.2. The van der Waals surface area contributed by atoms with Crippen LogP contribution in [0, 0.1) is 13.8 Å². The minimum atomic E-state index is 0.510. The highest BCUT2D eigenvalue weighted by Gasteiger charge is 2.06. The summed E-state index contributed by atoms with van der Waals surface area (Å²) in [5, 5.41) is 12.2. The minimum Gasteiger partial charge on any atom is -0.486 e. The fraction of sp³-hybridized carbons (Fsp3) is 0.267. The minimum absolute atomic E-state index is 0.510. The zero-order valence-electron chi connectivity index (χ0n) is 12.3. The van der Waals surface area contributed by atoms with E-state index < -0.39 is 0 Å². The average molecular weight is 350 g/mol. The van der Waals surface area contributed by atoms with Gasteiger partial charge in [-0.05, 0) is 26.0 Å². The van der Waals surface area contributed by atoms with Gasteiger partial charge >= 0.3 is 0 Å². The van der Waals surface area contributed by atoms with Gasteiger partial charge in [-0.25, -0.2) is 4.98 Å². The van der Waals surface area contributed by atoms with Crippen LogP contribution in [0.3, 0.4) is 0 Å². The molecule has 2 heterocycles. The molecule has 3 rings (SSSR count). The Morgan fingerprint density at radius 1 is 1.14 bits per heavy atom. The van der Waals surface area contributed by atoms with Crippen LogP contribution in [0.15, 0.2) is 34.0 Å². The molecule has 0 aliphatic heterocycles. The SMILES string of the molecule is Cc1ccc(OCc2nc(CSc3nnc(C)s3)cs2)cc1. The van der Waals surface area contributed by atoms with Crippen LogP contribution in [0.2, 0.25) is 0 Å². The molecule has 0 aliphatic carbocycles. The quantitative estimate of drug-likeness (QED) is 0.614. The molecule has 2 aromatic heterocycles. The molecule has 0 saturated carbocycles. The van der Waals surface area contributed by atoms with E-state index in [9.17, 15) is 0 Å². The Balaban J connectivity index is 1.51. The smallest absolute Gasteiger partial charge is 0.174 e. The lowest BCUT2D eigenvalue weighted by molar-refractivity contribution is 0.305. The molecule has 0 atom stereocenters. The Morgan fingerprint density at radius 3 is 2.68 bits per heavy atom. The fourth-order valence-corrected chi connectivity index (χ4v) is 4.25. The van der Waals surface area contributed by atoms with E-state index >= 15 is 0 Å². The summed E-state index contributed by atoms with van der Waals surface area (Å²) in [6, 6.07) is 8.06. The maximum absolute atomic E-state index is 5.75. The van der Waals surface area contributed by atoms with Gasteiger partial charge in [0.05, 0.1) is 5.69 Å². The molecule has 0 unspecified atom stereocenters. The van der Waals surface area contributed by atoms with Crippen LogP contribution >= 0.6 is 34.4 Å². The van der Waals surface area contributed by atoms with Gasteiger partial charge in [0.15, 0.2) is 4.34 Å². The van der Waals surface area contributed by atoms with Crippen molar-refractivity contribution in [3.05, 3.63) is 50.9 Å². The second kappa shape index (κ2) is 7.21. The van der Waals surface area contributed by atoms with Crippen LogP contribution in [0.4, 0.5) is 0 Å². The van der Waals surface area contributed by atoms with E-state index in [0.29, 0.717) is 6.61 Å². The standard InChI is InChI=1S/C15H15N3OS3/c1-10-3-5-13(6-4-10)19-7-14-16-12(8-20-14)9-21-15-18-17-11(2)22-15/h3-6,8H,7,9H2,1-2H3. The molecule has 0 aliphatic rings. The number of benzene rings is 1. The molecule has 0 fully saturated rings. The van der Waals surface area contributed by atoms with Gasteiger partial charge in [0.25, 0.3) is 0 Å². The monoisotopic (exact) mass is 349 g/mol. The molecule has 114 valence electrons. The third kappa shape index (κ3) is 4.28. The van der Waals surface area contributed by atoms with Crippen LogP contribution in [-0.4, -0.2) is 15.2 Å². The van der Waals surface area contributed by atoms with Crippen molar-refractivity contribution < 1.29 is 4.74 Å². The van der Waals surface area contributed by atoms with Crippen LogP contribution < -0.4 is 4.74 Å².